The van der Waals surface area contributed by atoms with Crippen LogP contribution in [-0.4, -0.2) is 30.1 Å². The first-order valence-corrected chi connectivity index (χ1v) is 10.2. The van der Waals surface area contributed by atoms with Crippen molar-refractivity contribution in [1.82, 2.24) is 4.98 Å². The van der Waals surface area contributed by atoms with Crippen molar-refractivity contribution in [2.45, 2.75) is 26.4 Å². The van der Waals surface area contributed by atoms with Crippen molar-refractivity contribution in [3.05, 3.63) is 58.9 Å². The maximum atomic E-state index is 12.8. The van der Waals surface area contributed by atoms with Crippen LogP contribution in [0.2, 0.25) is 0 Å². The van der Waals surface area contributed by atoms with Crippen LogP contribution >= 0.6 is 11.3 Å². The van der Waals surface area contributed by atoms with Gasteiger partial charge in [0.05, 0.1) is 23.0 Å². The van der Waals surface area contributed by atoms with Gasteiger partial charge >= 0.3 is 0 Å². The largest absolute Gasteiger partial charge is 0.494 e. The van der Waals surface area contributed by atoms with Crippen molar-refractivity contribution in [3.63, 3.8) is 0 Å². The highest BCUT2D eigenvalue weighted by molar-refractivity contribution is 7.09. The van der Waals surface area contributed by atoms with Gasteiger partial charge < -0.3 is 14.4 Å². The van der Waals surface area contributed by atoms with E-state index in [4.69, 9.17) is 9.47 Å². The summed E-state index contributed by atoms with van der Waals surface area (Å²) < 4.78 is 11.6. The number of anilines is 1. The van der Waals surface area contributed by atoms with E-state index in [0.717, 1.165) is 39.9 Å². The number of hydrogen-bond donors (Lipinski definition) is 0. The molecule has 6 heteroatoms. The maximum absolute atomic E-state index is 12.8. The summed E-state index contributed by atoms with van der Waals surface area (Å²) in [4.78, 5) is 19.1. The van der Waals surface area contributed by atoms with Gasteiger partial charge in [0.25, 0.3) is 5.91 Å². The monoisotopic (exact) mass is 394 g/mol. The minimum atomic E-state index is -0.491. The van der Waals surface area contributed by atoms with Crippen LogP contribution in [0, 0.1) is 6.92 Å². The van der Waals surface area contributed by atoms with Gasteiger partial charge in [0.15, 0.2) is 6.10 Å². The van der Waals surface area contributed by atoms with E-state index < -0.39 is 6.10 Å². The number of rotatable bonds is 6. The lowest BCUT2D eigenvalue weighted by Gasteiger charge is -2.33. The third kappa shape index (κ3) is 3.87. The van der Waals surface area contributed by atoms with Gasteiger partial charge in [-0.05, 0) is 50.6 Å². The first-order valence-electron chi connectivity index (χ1n) is 9.34. The van der Waals surface area contributed by atoms with Gasteiger partial charge in [0, 0.05) is 17.5 Å². The molecular formula is C22H22N2O3S. The van der Waals surface area contributed by atoms with Crippen LogP contribution in [0.3, 0.4) is 0 Å². The molecule has 2 heterocycles. The first-order chi connectivity index (χ1) is 13.6. The highest BCUT2D eigenvalue weighted by Crippen LogP contribution is 2.37. The number of fused-ring (bicyclic) bond motifs is 1. The van der Waals surface area contributed by atoms with Gasteiger partial charge in [0.2, 0.25) is 0 Å². The second kappa shape index (κ2) is 8.02. The summed E-state index contributed by atoms with van der Waals surface area (Å²) in [5, 5.41) is 3.05. The Morgan fingerprint density at radius 3 is 2.79 bits per heavy atom. The fourth-order valence-electron chi connectivity index (χ4n) is 3.22. The third-order valence-electron chi connectivity index (χ3n) is 4.62. The summed E-state index contributed by atoms with van der Waals surface area (Å²) in [5.41, 5.74) is 2.70. The summed E-state index contributed by atoms with van der Waals surface area (Å²) in [7, 11) is 0. The molecule has 2 aromatic carbocycles. The number of aromatic nitrogens is 1. The molecule has 0 fully saturated rings. The van der Waals surface area contributed by atoms with Gasteiger partial charge in [-0.25, -0.2) is 4.98 Å². The molecule has 1 atom stereocenters. The van der Waals surface area contributed by atoms with Crippen LogP contribution < -0.4 is 14.4 Å². The molecule has 4 rings (SSSR count). The molecule has 0 saturated carbocycles. The van der Waals surface area contributed by atoms with E-state index in [1.54, 1.807) is 23.2 Å². The number of carbonyl (C=O) groups excluding carboxylic acids is 1. The zero-order valence-electron chi connectivity index (χ0n) is 15.9. The molecule has 1 unspecified atom stereocenters. The highest BCUT2D eigenvalue weighted by Gasteiger charge is 2.31. The average Bonchev–Trinajstić information content (AvgIpc) is 3.14. The predicted octanol–water partition coefficient (Wildman–Crippen LogP) is 4.70. The number of nitrogens with zero attached hydrogens (tertiary/aromatic N) is 2. The summed E-state index contributed by atoms with van der Waals surface area (Å²) >= 11 is 1.61. The minimum Gasteiger partial charge on any atom is -0.494 e. The van der Waals surface area contributed by atoms with Crippen LogP contribution in [0.5, 0.6) is 11.5 Å². The fourth-order valence-corrected chi connectivity index (χ4v) is 3.84. The van der Waals surface area contributed by atoms with Crippen LogP contribution in [0.15, 0.2) is 53.9 Å². The quantitative estimate of drug-likeness (QED) is 0.569. The lowest BCUT2D eigenvalue weighted by Crippen LogP contribution is -2.45. The van der Waals surface area contributed by atoms with Crippen molar-refractivity contribution in [2.24, 2.45) is 0 Å². The van der Waals surface area contributed by atoms with Crippen molar-refractivity contribution < 1.29 is 14.3 Å². The predicted molar refractivity (Wildman–Crippen MR) is 111 cm³/mol. The van der Waals surface area contributed by atoms with E-state index >= 15 is 0 Å². The summed E-state index contributed by atoms with van der Waals surface area (Å²) in [5.74, 6) is 1.54. The second-order valence-corrected chi connectivity index (χ2v) is 7.76. The molecule has 1 aliphatic heterocycles. The van der Waals surface area contributed by atoms with E-state index in [0.29, 0.717) is 13.2 Å². The molecule has 1 amide bonds. The molecule has 5 nitrogen and oxygen atoms in total. The Morgan fingerprint density at radius 1 is 1.21 bits per heavy atom. The molecule has 0 saturated heterocycles. The van der Waals surface area contributed by atoms with Crippen LogP contribution in [-0.2, 0) is 4.79 Å². The van der Waals surface area contributed by atoms with Gasteiger partial charge in [-0.15, -0.1) is 11.3 Å². The third-order valence-corrected chi connectivity index (χ3v) is 5.39. The SMILES string of the molecule is Cc1nc(-c2ccc3c(c2)N(CCCOc2ccccc2)C(=O)C(C)O3)cs1. The van der Waals surface area contributed by atoms with E-state index in [1.807, 2.05) is 60.8 Å². The summed E-state index contributed by atoms with van der Waals surface area (Å²) in [6.45, 7) is 4.89. The minimum absolute atomic E-state index is 0.0289. The fraction of sp³-hybridized carbons (Fsp3) is 0.273. The second-order valence-electron chi connectivity index (χ2n) is 6.70. The zero-order chi connectivity index (χ0) is 19.5. The highest BCUT2D eigenvalue weighted by atomic mass is 32.1. The van der Waals surface area contributed by atoms with Crippen LogP contribution in [0.25, 0.3) is 11.3 Å². The number of hydrogen-bond acceptors (Lipinski definition) is 5. The normalized spacial score (nSPS) is 15.9. The molecule has 1 aromatic heterocycles. The van der Waals surface area contributed by atoms with E-state index in [-0.39, 0.29) is 5.91 Å². The standard InChI is InChI=1S/C22H22N2O3S/c1-15-22(25)24(11-6-12-26-18-7-4-3-5-8-18)20-13-17(9-10-21(20)27-15)19-14-28-16(2)23-19/h3-5,7-10,13-15H,6,11-12H2,1-2H3. The number of amides is 1. The topological polar surface area (TPSA) is 51.7 Å². The Labute approximate surface area is 168 Å². The Morgan fingerprint density at radius 2 is 2.04 bits per heavy atom. The van der Waals surface area contributed by atoms with Gasteiger partial charge in [0.1, 0.15) is 11.5 Å². The molecule has 0 spiro atoms. The molecule has 0 radical (unpaired) electrons. The summed E-state index contributed by atoms with van der Waals surface area (Å²) in [6, 6.07) is 15.6. The molecule has 0 aliphatic carbocycles. The smallest absolute Gasteiger partial charge is 0.267 e. The maximum Gasteiger partial charge on any atom is 0.267 e. The van der Waals surface area contributed by atoms with Crippen molar-refractivity contribution in [3.8, 4) is 22.8 Å². The Kier molecular flexibility index (Phi) is 5.30. The zero-order valence-corrected chi connectivity index (χ0v) is 16.7. The number of para-hydroxylation sites is 1. The number of carbonyl (C=O) groups is 1. The number of ether oxygens (including phenoxy) is 2. The number of thiazole rings is 1. The van der Waals surface area contributed by atoms with Crippen LogP contribution in [0.4, 0.5) is 5.69 Å². The van der Waals surface area contributed by atoms with Gasteiger partial charge in [-0.1, -0.05) is 18.2 Å². The summed E-state index contributed by atoms with van der Waals surface area (Å²) in [6.07, 6.45) is 0.238. The Bertz CT molecular complexity index is 971. The molecule has 1 aliphatic rings. The van der Waals surface area contributed by atoms with Gasteiger partial charge in [-0.3, -0.25) is 4.79 Å². The Balaban J connectivity index is 1.51. The van der Waals surface area contributed by atoms with Crippen molar-refractivity contribution >= 4 is 22.9 Å². The van der Waals surface area contributed by atoms with Gasteiger partial charge in [-0.2, -0.15) is 0 Å². The number of benzene rings is 2. The molecule has 28 heavy (non-hydrogen) atoms. The lowest BCUT2D eigenvalue weighted by atomic mass is 10.1. The first kappa shape index (κ1) is 18.5. The van der Waals surface area contributed by atoms with E-state index in [1.165, 1.54) is 0 Å². The van der Waals surface area contributed by atoms with Crippen molar-refractivity contribution in [2.75, 3.05) is 18.1 Å². The molecule has 3 aromatic rings. The Hall–Kier alpha value is -2.86. The molecule has 144 valence electrons. The number of aryl methyl sites for hydroxylation is 1. The van der Waals surface area contributed by atoms with Crippen molar-refractivity contribution in [1.29, 1.82) is 0 Å². The molecule has 0 N–H and O–H groups in total. The van der Waals surface area contributed by atoms with E-state index in [2.05, 4.69) is 4.98 Å². The average molecular weight is 394 g/mol. The van der Waals surface area contributed by atoms with Crippen LogP contribution in [0.1, 0.15) is 18.4 Å². The lowest BCUT2D eigenvalue weighted by molar-refractivity contribution is -0.125. The molecular weight excluding hydrogens is 372 g/mol. The molecule has 0 bridgehead atoms. The van der Waals surface area contributed by atoms with E-state index in [9.17, 15) is 4.79 Å².